The zero-order valence-electron chi connectivity index (χ0n) is 10.9. The third kappa shape index (κ3) is 2.63. The number of likely N-dealkylation sites (tertiary alicyclic amines) is 1. The van der Waals surface area contributed by atoms with Crippen LogP contribution in [0.4, 0.5) is 11.8 Å². The molecule has 0 spiro atoms. The van der Waals surface area contributed by atoms with E-state index in [1.165, 1.54) is 13.0 Å². The van der Waals surface area contributed by atoms with Crippen LogP contribution >= 0.6 is 11.3 Å². The van der Waals surface area contributed by atoms with Gasteiger partial charge in [-0.05, 0) is 37.4 Å². The highest BCUT2D eigenvalue weighted by atomic mass is 32.1. The number of nitrogens with one attached hydrogen (secondary N) is 2. The summed E-state index contributed by atoms with van der Waals surface area (Å²) >= 11 is 1.59. The molecule has 0 amide bonds. The van der Waals surface area contributed by atoms with Crippen LogP contribution in [0.1, 0.15) is 6.42 Å². The van der Waals surface area contributed by atoms with E-state index in [1.54, 1.807) is 11.3 Å². The number of anilines is 2. The molecule has 1 atom stereocenters. The van der Waals surface area contributed by atoms with Crippen LogP contribution in [-0.2, 0) is 0 Å². The second-order valence-corrected chi connectivity index (χ2v) is 5.87. The van der Waals surface area contributed by atoms with Gasteiger partial charge in [-0.3, -0.25) is 5.43 Å². The summed E-state index contributed by atoms with van der Waals surface area (Å²) in [5.41, 5.74) is 2.52. The maximum atomic E-state index is 5.41. The summed E-state index contributed by atoms with van der Waals surface area (Å²) in [5.74, 6) is 7.42. The van der Waals surface area contributed by atoms with Gasteiger partial charge in [0.05, 0.1) is 5.39 Å². The molecule has 0 aromatic carbocycles. The first-order valence-corrected chi connectivity index (χ1v) is 7.28. The molecule has 0 radical (unpaired) electrons. The molecule has 7 heteroatoms. The van der Waals surface area contributed by atoms with Crippen LogP contribution < -0.4 is 16.6 Å². The molecular weight excluding hydrogens is 260 g/mol. The fourth-order valence-electron chi connectivity index (χ4n) is 2.49. The Kier molecular flexibility index (Phi) is 3.50. The molecule has 102 valence electrons. The highest BCUT2D eigenvalue weighted by Crippen LogP contribution is 2.26. The van der Waals surface area contributed by atoms with Gasteiger partial charge in [-0.2, -0.15) is 4.98 Å². The fraction of sp³-hybridized carbons (Fsp3) is 0.500. The Labute approximate surface area is 116 Å². The van der Waals surface area contributed by atoms with Crippen molar-refractivity contribution in [3.8, 4) is 0 Å². The minimum Gasteiger partial charge on any atom is -0.369 e. The molecule has 1 aliphatic rings. The van der Waals surface area contributed by atoms with Crippen LogP contribution in [0.15, 0.2) is 11.4 Å². The van der Waals surface area contributed by atoms with Gasteiger partial charge < -0.3 is 10.2 Å². The molecule has 6 nitrogen and oxygen atoms in total. The van der Waals surface area contributed by atoms with Crippen molar-refractivity contribution in [1.82, 2.24) is 14.9 Å². The van der Waals surface area contributed by atoms with Gasteiger partial charge in [0.1, 0.15) is 10.6 Å². The van der Waals surface area contributed by atoms with E-state index >= 15 is 0 Å². The largest absolute Gasteiger partial charge is 0.369 e. The molecule has 2 aromatic heterocycles. The standard InChI is InChI=1S/C12H18N6S/c1-18-4-2-8(7-18)6-14-10-9-3-5-19-11(9)16-12(15-10)17-13/h3,5,8H,2,4,6-7,13H2,1H3,(H2,14,15,16,17). The van der Waals surface area contributed by atoms with E-state index in [-0.39, 0.29) is 0 Å². The monoisotopic (exact) mass is 278 g/mol. The van der Waals surface area contributed by atoms with Crippen LogP contribution in [0.25, 0.3) is 10.2 Å². The van der Waals surface area contributed by atoms with Crippen molar-refractivity contribution in [2.45, 2.75) is 6.42 Å². The summed E-state index contributed by atoms with van der Waals surface area (Å²) in [4.78, 5) is 12.0. The smallest absolute Gasteiger partial charge is 0.240 e. The Bertz CT molecular complexity index is 568. The fourth-order valence-corrected chi connectivity index (χ4v) is 3.25. The summed E-state index contributed by atoms with van der Waals surface area (Å²) in [7, 11) is 2.16. The van der Waals surface area contributed by atoms with E-state index < -0.39 is 0 Å². The molecule has 0 bridgehead atoms. The normalized spacial score (nSPS) is 20.0. The van der Waals surface area contributed by atoms with E-state index in [1.807, 2.05) is 11.4 Å². The number of hydrogen-bond acceptors (Lipinski definition) is 7. The van der Waals surface area contributed by atoms with Crippen molar-refractivity contribution >= 4 is 33.3 Å². The number of hydrogen-bond donors (Lipinski definition) is 3. The van der Waals surface area contributed by atoms with E-state index in [4.69, 9.17) is 5.84 Å². The molecule has 3 heterocycles. The Morgan fingerprint density at radius 1 is 1.53 bits per heavy atom. The number of fused-ring (bicyclic) bond motifs is 1. The van der Waals surface area contributed by atoms with Crippen molar-refractivity contribution in [2.75, 3.05) is 37.4 Å². The SMILES string of the molecule is CN1CCC(CNc2nc(NN)nc3sccc23)C1. The molecular formula is C12H18N6S. The van der Waals surface area contributed by atoms with Gasteiger partial charge in [0, 0.05) is 13.1 Å². The lowest BCUT2D eigenvalue weighted by molar-refractivity contribution is 0.399. The minimum atomic E-state index is 0.459. The predicted octanol–water partition coefficient (Wildman–Crippen LogP) is 1.34. The minimum absolute atomic E-state index is 0.459. The molecule has 2 aromatic rings. The van der Waals surface area contributed by atoms with Gasteiger partial charge >= 0.3 is 0 Å². The maximum absolute atomic E-state index is 5.41. The average Bonchev–Trinajstić information content (AvgIpc) is 3.04. The third-order valence-corrected chi connectivity index (χ3v) is 4.31. The Hall–Kier alpha value is -1.44. The molecule has 1 unspecified atom stereocenters. The Balaban J connectivity index is 1.77. The Morgan fingerprint density at radius 2 is 2.42 bits per heavy atom. The number of nitrogens with two attached hydrogens (primary N) is 1. The van der Waals surface area contributed by atoms with Crippen molar-refractivity contribution in [2.24, 2.45) is 11.8 Å². The van der Waals surface area contributed by atoms with Crippen LogP contribution in [0.3, 0.4) is 0 Å². The van der Waals surface area contributed by atoms with Gasteiger partial charge in [0.25, 0.3) is 0 Å². The van der Waals surface area contributed by atoms with E-state index in [2.05, 4.69) is 32.7 Å². The van der Waals surface area contributed by atoms with Gasteiger partial charge in [0.2, 0.25) is 5.95 Å². The quantitative estimate of drug-likeness (QED) is 0.578. The van der Waals surface area contributed by atoms with Crippen LogP contribution in [-0.4, -0.2) is 41.5 Å². The van der Waals surface area contributed by atoms with Crippen molar-refractivity contribution < 1.29 is 0 Å². The highest BCUT2D eigenvalue weighted by Gasteiger charge is 2.19. The second kappa shape index (κ2) is 5.28. The van der Waals surface area contributed by atoms with Crippen LogP contribution in [0.5, 0.6) is 0 Å². The molecule has 19 heavy (non-hydrogen) atoms. The molecule has 0 aliphatic carbocycles. The first kappa shape index (κ1) is 12.6. The maximum Gasteiger partial charge on any atom is 0.240 e. The first-order valence-electron chi connectivity index (χ1n) is 6.40. The van der Waals surface area contributed by atoms with E-state index in [0.717, 1.165) is 29.1 Å². The molecule has 1 saturated heterocycles. The lowest BCUT2D eigenvalue weighted by Gasteiger charge is -2.13. The van der Waals surface area contributed by atoms with Crippen LogP contribution in [0, 0.1) is 5.92 Å². The van der Waals surface area contributed by atoms with E-state index in [0.29, 0.717) is 11.9 Å². The predicted molar refractivity (Wildman–Crippen MR) is 79.3 cm³/mol. The molecule has 1 fully saturated rings. The highest BCUT2D eigenvalue weighted by molar-refractivity contribution is 7.16. The Morgan fingerprint density at radius 3 is 3.16 bits per heavy atom. The summed E-state index contributed by atoms with van der Waals surface area (Å²) in [6.07, 6.45) is 1.24. The lowest BCUT2D eigenvalue weighted by Crippen LogP contribution is -2.20. The van der Waals surface area contributed by atoms with Gasteiger partial charge in [-0.15, -0.1) is 11.3 Å². The number of hydrazine groups is 1. The summed E-state index contributed by atoms with van der Waals surface area (Å²) in [6, 6.07) is 2.05. The van der Waals surface area contributed by atoms with Gasteiger partial charge in [-0.25, -0.2) is 10.8 Å². The number of nitrogen functional groups attached to an aromatic ring is 1. The van der Waals surface area contributed by atoms with Crippen molar-refractivity contribution in [3.63, 3.8) is 0 Å². The van der Waals surface area contributed by atoms with Gasteiger partial charge in [-0.1, -0.05) is 0 Å². The zero-order valence-corrected chi connectivity index (χ0v) is 11.7. The molecule has 4 N–H and O–H groups in total. The summed E-state index contributed by atoms with van der Waals surface area (Å²) < 4.78 is 0. The average molecular weight is 278 g/mol. The van der Waals surface area contributed by atoms with E-state index in [9.17, 15) is 0 Å². The summed E-state index contributed by atoms with van der Waals surface area (Å²) in [6.45, 7) is 3.27. The van der Waals surface area contributed by atoms with Crippen molar-refractivity contribution in [1.29, 1.82) is 0 Å². The number of aromatic nitrogens is 2. The topological polar surface area (TPSA) is 79.1 Å². The van der Waals surface area contributed by atoms with Crippen LogP contribution in [0.2, 0.25) is 0 Å². The molecule has 3 rings (SSSR count). The summed E-state index contributed by atoms with van der Waals surface area (Å²) in [5, 5.41) is 6.53. The molecule has 0 saturated carbocycles. The number of thiophene rings is 1. The lowest BCUT2D eigenvalue weighted by atomic mass is 10.1. The molecule has 1 aliphatic heterocycles. The first-order chi connectivity index (χ1) is 9.26. The second-order valence-electron chi connectivity index (χ2n) is 4.98. The number of nitrogens with zero attached hydrogens (tertiary/aromatic N) is 3. The zero-order chi connectivity index (χ0) is 13.2. The third-order valence-electron chi connectivity index (χ3n) is 3.50. The van der Waals surface area contributed by atoms with Crippen molar-refractivity contribution in [3.05, 3.63) is 11.4 Å². The van der Waals surface area contributed by atoms with Gasteiger partial charge in [0.15, 0.2) is 0 Å². The number of rotatable bonds is 4.